The van der Waals surface area contributed by atoms with Crippen molar-refractivity contribution in [3.8, 4) is 0 Å². The summed E-state index contributed by atoms with van der Waals surface area (Å²) in [6.07, 6.45) is 7.68. The van der Waals surface area contributed by atoms with Crippen LogP contribution in [0.2, 0.25) is 0 Å². The summed E-state index contributed by atoms with van der Waals surface area (Å²) in [7, 11) is 0. The minimum atomic E-state index is -0.397. The van der Waals surface area contributed by atoms with Crippen LogP contribution < -0.4 is 5.43 Å². The van der Waals surface area contributed by atoms with Crippen LogP contribution in [0.25, 0.3) is 0 Å². The van der Waals surface area contributed by atoms with E-state index < -0.39 is 5.91 Å². The Morgan fingerprint density at radius 2 is 2.06 bits per heavy atom. The Kier molecular flexibility index (Phi) is 3.70. The molecule has 2 rings (SSSR count). The van der Waals surface area contributed by atoms with Gasteiger partial charge in [-0.05, 0) is 13.0 Å². The molecule has 18 heavy (non-hydrogen) atoms. The van der Waals surface area contributed by atoms with Crippen molar-refractivity contribution in [2.75, 3.05) is 0 Å². The molecule has 0 aliphatic heterocycles. The Morgan fingerprint density at radius 3 is 2.72 bits per heavy atom. The second-order valence-electron chi connectivity index (χ2n) is 3.47. The summed E-state index contributed by atoms with van der Waals surface area (Å²) in [5.41, 5.74) is 4.15. The summed E-state index contributed by atoms with van der Waals surface area (Å²) in [5.74, 6) is -0.397. The van der Waals surface area contributed by atoms with E-state index in [1.807, 2.05) is 6.07 Å². The molecule has 0 bridgehead atoms. The maximum absolute atomic E-state index is 11.6. The molecule has 0 saturated carbocycles. The maximum atomic E-state index is 11.6. The van der Waals surface area contributed by atoms with Gasteiger partial charge in [0, 0.05) is 30.4 Å². The average molecular weight is 241 g/mol. The predicted molar refractivity (Wildman–Crippen MR) is 65.9 cm³/mol. The van der Waals surface area contributed by atoms with Crippen LogP contribution in [0.4, 0.5) is 0 Å². The summed E-state index contributed by atoms with van der Waals surface area (Å²) in [6.45, 7) is 1.79. The van der Waals surface area contributed by atoms with Gasteiger partial charge >= 0.3 is 0 Å². The second kappa shape index (κ2) is 5.62. The van der Waals surface area contributed by atoms with Crippen LogP contribution in [0, 0.1) is 0 Å². The van der Waals surface area contributed by atoms with Gasteiger partial charge < -0.3 is 0 Å². The van der Waals surface area contributed by atoms with Gasteiger partial charge in [0.15, 0.2) is 0 Å². The lowest BCUT2D eigenvalue weighted by Gasteiger charge is -2.01. The first-order valence-corrected chi connectivity index (χ1v) is 5.28. The summed E-state index contributed by atoms with van der Waals surface area (Å²) < 4.78 is 0. The van der Waals surface area contributed by atoms with Crippen molar-refractivity contribution in [2.45, 2.75) is 6.92 Å². The second-order valence-corrected chi connectivity index (χ2v) is 3.47. The van der Waals surface area contributed by atoms with Crippen molar-refractivity contribution in [1.82, 2.24) is 20.4 Å². The fraction of sp³-hybridized carbons (Fsp3) is 0.0833. The van der Waals surface area contributed by atoms with Gasteiger partial charge in [0.05, 0.1) is 11.9 Å². The van der Waals surface area contributed by atoms with Crippen molar-refractivity contribution in [1.29, 1.82) is 0 Å². The van der Waals surface area contributed by atoms with Gasteiger partial charge in [-0.3, -0.25) is 14.8 Å². The molecule has 2 heterocycles. The number of hydrazone groups is 1. The fourth-order valence-corrected chi connectivity index (χ4v) is 1.25. The quantitative estimate of drug-likeness (QED) is 0.642. The number of rotatable bonds is 3. The highest BCUT2D eigenvalue weighted by Gasteiger charge is 2.05. The van der Waals surface area contributed by atoms with Crippen LogP contribution in [0.3, 0.4) is 0 Å². The predicted octanol–water partition coefficient (Wildman–Crippen LogP) is 1.03. The first-order valence-electron chi connectivity index (χ1n) is 5.28. The third kappa shape index (κ3) is 2.94. The van der Waals surface area contributed by atoms with E-state index in [4.69, 9.17) is 0 Å². The number of hydrogen-bond donors (Lipinski definition) is 1. The number of pyridine rings is 1. The van der Waals surface area contributed by atoms with E-state index in [1.54, 1.807) is 25.4 Å². The van der Waals surface area contributed by atoms with E-state index in [1.165, 1.54) is 18.6 Å². The minimum Gasteiger partial charge on any atom is -0.265 e. The summed E-state index contributed by atoms with van der Waals surface area (Å²) in [6, 6.07) is 3.67. The monoisotopic (exact) mass is 241 g/mol. The zero-order valence-electron chi connectivity index (χ0n) is 9.74. The molecule has 2 aromatic heterocycles. The molecule has 6 heteroatoms. The lowest BCUT2D eigenvalue weighted by molar-refractivity contribution is 0.0949. The molecular formula is C12H11N5O. The van der Waals surface area contributed by atoms with E-state index in [-0.39, 0.29) is 5.69 Å². The zero-order valence-corrected chi connectivity index (χ0v) is 9.74. The van der Waals surface area contributed by atoms with E-state index >= 15 is 0 Å². The van der Waals surface area contributed by atoms with Crippen LogP contribution in [0.15, 0.2) is 48.2 Å². The Balaban J connectivity index is 2.05. The van der Waals surface area contributed by atoms with Crippen LogP contribution >= 0.6 is 0 Å². The molecule has 0 spiro atoms. The van der Waals surface area contributed by atoms with Crippen molar-refractivity contribution >= 4 is 11.6 Å². The number of nitrogens with one attached hydrogen (secondary N) is 1. The van der Waals surface area contributed by atoms with E-state index in [0.717, 1.165) is 5.56 Å². The molecule has 0 aliphatic carbocycles. The number of nitrogens with zero attached hydrogens (tertiary/aromatic N) is 4. The summed E-state index contributed by atoms with van der Waals surface area (Å²) >= 11 is 0. The number of aromatic nitrogens is 3. The van der Waals surface area contributed by atoms with Gasteiger partial charge in [-0.2, -0.15) is 5.10 Å². The number of carbonyl (C=O) groups excluding carboxylic acids is 1. The highest BCUT2D eigenvalue weighted by atomic mass is 16.2. The smallest absolute Gasteiger partial charge is 0.265 e. The van der Waals surface area contributed by atoms with Crippen molar-refractivity contribution in [3.05, 3.63) is 54.4 Å². The maximum Gasteiger partial charge on any atom is 0.291 e. The third-order valence-corrected chi connectivity index (χ3v) is 2.20. The Hall–Kier alpha value is -2.63. The van der Waals surface area contributed by atoms with Crippen molar-refractivity contribution in [2.24, 2.45) is 5.10 Å². The molecular weight excluding hydrogens is 230 g/mol. The van der Waals surface area contributed by atoms with Crippen LogP contribution in [-0.4, -0.2) is 26.6 Å². The normalized spacial score (nSPS) is 11.1. The minimum absolute atomic E-state index is 0.222. The van der Waals surface area contributed by atoms with Crippen LogP contribution in [0.1, 0.15) is 23.0 Å². The molecule has 2 aromatic rings. The van der Waals surface area contributed by atoms with Gasteiger partial charge in [-0.25, -0.2) is 10.4 Å². The fourth-order valence-electron chi connectivity index (χ4n) is 1.25. The van der Waals surface area contributed by atoms with Gasteiger partial charge in [0.2, 0.25) is 0 Å². The molecule has 0 atom stereocenters. The molecule has 1 N–H and O–H groups in total. The highest BCUT2D eigenvalue weighted by Crippen LogP contribution is 1.98. The lowest BCUT2D eigenvalue weighted by atomic mass is 10.2. The molecule has 6 nitrogen and oxygen atoms in total. The number of carbonyl (C=O) groups is 1. The summed E-state index contributed by atoms with van der Waals surface area (Å²) in [4.78, 5) is 23.3. The highest BCUT2D eigenvalue weighted by molar-refractivity contribution is 6.00. The number of amides is 1. The topological polar surface area (TPSA) is 80.1 Å². The molecule has 0 aromatic carbocycles. The van der Waals surface area contributed by atoms with Crippen LogP contribution in [-0.2, 0) is 0 Å². The van der Waals surface area contributed by atoms with Gasteiger partial charge in [0.1, 0.15) is 5.69 Å². The Bertz CT molecular complexity index is 553. The molecule has 0 saturated heterocycles. The molecule has 1 amide bonds. The van der Waals surface area contributed by atoms with Crippen LogP contribution in [0.5, 0.6) is 0 Å². The van der Waals surface area contributed by atoms with Gasteiger partial charge in [-0.1, -0.05) is 6.07 Å². The van der Waals surface area contributed by atoms with Crippen molar-refractivity contribution < 1.29 is 4.79 Å². The van der Waals surface area contributed by atoms with Gasteiger partial charge in [0.25, 0.3) is 5.91 Å². The van der Waals surface area contributed by atoms with E-state index in [9.17, 15) is 4.79 Å². The standard InChI is InChI=1S/C12H11N5O/c1-9(10-3-2-4-13-7-10)16-17-12(18)11-8-14-5-6-15-11/h2-8H,1H3,(H,17,18)/b16-9+. The first-order chi connectivity index (χ1) is 8.77. The van der Waals surface area contributed by atoms with E-state index in [0.29, 0.717) is 5.71 Å². The molecule has 90 valence electrons. The third-order valence-electron chi connectivity index (χ3n) is 2.20. The molecule has 0 aliphatic rings. The largest absolute Gasteiger partial charge is 0.291 e. The van der Waals surface area contributed by atoms with Crippen molar-refractivity contribution in [3.63, 3.8) is 0 Å². The number of hydrogen-bond acceptors (Lipinski definition) is 5. The molecule has 0 unspecified atom stereocenters. The molecule has 0 radical (unpaired) electrons. The molecule has 0 fully saturated rings. The first kappa shape index (κ1) is 11.8. The zero-order chi connectivity index (χ0) is 12.8. The summed E-state index contributed by atoms with van der Waals surface area (Å²) in [5, 5.41) is 3.98. The van der Waals surface area contributed by atoms with Gasteiger partial charge in [-0.15, -0.1) is 0 Å². The Labute approximate surface area is 104 Å². The Morgan fingerprint density at radius 1 is 1.22 bits per heavy atom. The average Bonchev–Trinajstić information content (AvgIpc) is 2.46. The van der Waals surface area contributed by atoms with E-state index in [2.05, 4.69) is 25.5 Å². The SMILES string of the molecule is C/C(=N\NC(=O)c1cnccn1)c1cccnc1. The lowest BCUT2D eigenvalue weighted by Crippen LogP contribution is -2.20.